The topological polar surface area (TPSA) is 52.6 Å². The van der Waals surface area contributed by atoms with Gasteiger partial charge in [-0.2, -0.15) is 12.6 Å². The minimum Gasteiger partial charge on any atom is -0.481 e. The molecule has 0 amide bonds. The number of hydrogen-bond acceptors (Lipinski definition) is 4. The summed E-state index contributed by atoms with van der Waals surface area (Å²) in [5.41, 5.74) is 2.56. The van der Waals surface area contributed by atoms with E-state index in [9.17, 15) is 4.79 Å². The van der Waals surface area contributed by atoms with E-state index in [1.165, 1.54) is 11.1 Å². The van der Waals surface area contributed by atoms with Gasteiger partial charge in [-0.05, 0) is 47.3 Å². The highest BCUT2D eigenvalue weighted by Gasteiger charge is 2.42. The lowest BCUT2D eigenvalue weighted by Crippen LogP contribution is -2.45. The van der Waals surface area contributed by atoms with Crippen LogP contribution in [0.1, 0.15) is 36.4 Å². The van der Waals surface area contributed by atoms with Crippen molar-refractivity contribution in [3.05, 3.63) is 69.7 Å². The second-order valence-electron chi connectivity index (χ2n) is 8.00. The molecule has 30 heavy (non-hydrogen) atoms. The van der Waals surface area contributed by atoms with Gasteiger partial charge in [0.1, 0.15) is 0 Å². The van der Waals surface area contributed by atoms with E-state index < -0.39 is 5.97 Å². The van der Waals surface area contributed by atoms with E-state index in [-0.39, 0.29) is 11.5 Å². The molecule has 1 saturated heterocycles. The van der Waals surface area contributed by atoms with Gasteiger partial charge >= 0.3 is 5.97 Å². The van der Waals surface area contributed by atoms with Gasteiger partial charge < -0.3 is 10.4 Å². The Morgan fingerprint density at radius 3 is 2.23 bits per heavy atom. The number of piperazine rings is 1. The molecule has 4 nitrogen and oxygen atoms in total. The van der Waals surface area contributed by atoms with E-state index in [0.717, 1.165) is 44.8 Å². The van der Waals surface area contributed by atoms with Crippen molar-refractivity contribution in [1.82, 2.24) is 10.2 Å². The van der Waals surface area contributed by atoms with Gasteiger partial charge in [0.15, 0.2) is 0 Å². The molecule has 1 aliphatic carbocycles. The number of hydrogen-bond donors (Lipinski definition) is 3. The summed E-state index contributed by atoms with van der Waals surface area (Å²) >= 11 is 16.4. The number of carboxylic acids is 1. The highest BCUT2D eigenvalue weighted by Crippen LogP contribution is 2.49. The molecule has 1 saturated carbocycles. The Labute approximate surface area is 194 Å². The van der Waals surface area contributed by atoms with Gasteiger partial charge in [-0.1, -0.05) is 59.6 Å². The van der Waals surface area contributed by atoms with Crippen molar-refractivity contribution in [2.75, 3.05) is 31.9 Å². The number of benzene rings is 2. The van der Waals surface area contributed by atoms with Crippen molar-refractivity contribution in [1.29, 1.82) is 0 Å². The van der Waals surface area contributed by atoms with E-state index in [2.05, 4.69) is 53.2 Å². The van der Waals surface area contributed by atoms with Crippen LogP contribution < -0.4 is 5.32 Å². The molecule has 7 heteroatoms. The van der Waals surface area contributed by atoms with Crippen LogP contribution in [-0.4, -0.2) is 47.9 Å². The standard InChI is InChI=1S/C17H18Cl2N2.C6H10O2S/c18-15-7-6-14(12-16(15)19)17(13-4-2-1-3-5-13)21-10-8-20-9-11-21;7-5(8)3-6(4-9)1-2-6/h1-7,12,17,20H,8-11H2;9H,1-4H2,(H,7,8). The Bertz CT molecular complexity index is 840. The second kappa shape index (κ2) is 10.9. The molecule has 2 aromatic rings. The van der Waals surface area contributed by atoms with Crippen molar-refractivity contribution in [3.8, 4) is 0 Å². The summed E-state index contributed by atoms with van der Waals surface area (Å²) in [6.07, 6.45) is 2.39. The number of carbonyl (C=O) groups is 1. The summed E-state index contributed by atoms with van der Waals surface area (Å²) in [6, 6.07) is 16.7. The van der Waals surface area contributed by atoms with E-state index >= 15 is 0 Å². The first kappa shape index (κ1) is 23.4. The molecule has 0 spiro atoms. The molecule has 0 radical (unpaired) electrons. The van der Waals surface area contributed by atoms with Crippen LogP contribution in [0, 0.1) is 5.41 Å². The van der Waals surface area contributed by atoms with Crippen LogP contribution in [0.25, 0.3) is 0 Å². The van der Waals surface area contributed by atoms with Crippen molar-refractivity contribution in [2.24, 2.45) is 5.41 Å². The molecule has 2 aliphatic rings. The van der Waals surface area contributed by atoms with Crippen molar-refractivity contribution in [3.63, 3.8) is 0 Å². The summed E-state index contributed by atoms with van der Waals surface area (Å²) in [7, 11) is 0. The first-order valence-corrected chi connectivity index (χ1v) is 11.6. The van der Waals surface area contributed by atoms with E-state index in [1.807, 2.05) is 18.2 Å². The van der Waals surface area contributed by atoms with E-state index in [0.29, 0.717) is 16.5 Å². The minimum absolute atomic E-state index is 0.0783. The number of nitrogens with zero attached hydrogens (tertiary/aromatic N) is 1. The number of rotatable bonds is 6. The number of carboxylic acid groups (broad SMARTS) is 1. The van der Waals surface area contributed by atoms with Crippen LogP contribution in [0.15, 0.2) is 48.5 Å². The molecular weight excluding hydrogens is 439 g/mol. The maximum atomic E-state index is 10.2. The molecule has 162 valence electrons. The fourth-order valence-electron chi connectivity index (χ4n) is 3.76. The Morgan fingerprint density at radius 1 is 1.07 bits per heavy atom. The average Bonchev–Trinajstić information content (AvgIpc) is 3.52. The molecule has 1 heterocycles. The van der Waals surface area contributed by atoms with Gasteiger partial charge in [-0.3, -0.25) is 9.69 Å². The minimum atomic E-state index is -0.693. The van der Waals surface area contributed by atoms with Crippen LogP contribution in [0.4, 0.5) is 0 Å². The van der Waals surface area contributed by atoms with Crippen molar-refractivity contribution < 1.29 is 9.90 Å². The smallest absolute Gasteiger partial charge is 0.303 e. The summed E-state index contributed by atoms with van der Waals surface area (Å²) in [6.45, 7) is 4.09. The van der Waals surface area contributed by atoms with Crippen LogP contribution in [0.5, 0.6) is 0 Å². The van der Waals surface area contributed by atoms with Crippen LogP contribution >= 0.6 is 35.8 Å². The highest BCUT2D eigenvalue weighted by atomic mass is 35.5. The second-order valence-corrected chi connectivity index (χ2v) is 9.13. The molecule has 0 bridgehead atoms. The lowest BCUT2D eigenvalue weighted by Gasteiger charge is -2.35. The zero-order valence-corrected chi connectivity index (χ0v) is 19.3. The third kappa shape index (κ3) is 6.38. The molecule has 1 unspecified atom stereocenters. The maximum Gasteiger partial charge on any atom is 0.303 e. The summed E-state index contributed by atoms with van der Waals surface area (Å²) < 4.78 is 0. The lowest BCUT2D eigenvalue weighted by molar-refractivity contribution is -0.138. The predicted molar refractivity (Wildman–Crippen MR) is 127 cm³/mol. The predicted octanol–water partition coefficient (Wildman–Crippen LogP) is 5.16. The summed E-state index contributed by atoms with van der Waals surface area (Å²) in [5, 5.41) is 13.0. The highest BCUT2D eigenvalue weighted by molar-refractivity contribution is 7.80. The summed E-state index contributed by atoms with van der Waals surface area (Å²) in [4.78, 5) is 12.7. The SMILES string of the molecule is Clc1ccc(C(c2ccccc2)N2CCNCC2)cc1Cl.O=C(O)CC1(CS)CC1. The molecule has 2 aromatic carbocycles. The molecule has 1 atom stereocenters. The number of aliphatic carboxylic acids is 1. The Kier molecular flexibility index (Phi) is 8.49. The van der Waals surface area contributed by atoms with Crippen LogP contribution in [0.3, 0.4) is 0 Å². The van der Waals surface area contributed by atoms with Gasteiger partial charge in [0, 0.05) is 26.2 Å². The summed E-state index contributed by atoms with van der Waals surface area (Å²) in [5.74, 6) is 0.0285. The first-order valence-electron chi connectivity index (χ1n) is 10.2. The normalized spacial score (nSPS) is 18.8. The van der Waals surface area contributed by atoms with Crippen molar-refractivity contribution >= 4 is 41.8 Å². The molecule has 1 aliphatic heterocycles. The average molecular weight is 467 g/mol. The van der Waals surface area contributed by atoms with Gasteiger partial charge in [-0.25, -0.2) is 0 Å². The lowest BCUT2D eigenvalue weighted by atomic mass is 9.96. The molecular formula is C23H28Cl2N2O2S. The largest absolute Gasteiger partial charge is 0.481 e. The van der Waals surface area contributed by atoms with Gasteiger partial charge in [0.05, 0.1) is 22.5 Å². The maximum absolute atomic E-state index is 10.2. The Morgan fingerprint density at radius 2 is 1.73 bits per heavy atom. The van der Waals surface area contributed by atoms with Gasteiger partial charge in [0.2, 0.25) is 0 Å². The van der Waals surface area contributed by atoms with E-state index in [4.69, 9.17) is 28.3 Å². The van der Waals surface area contributed by atoms with Crippen LogP contribution in [0.2, 0.25) is 10.0 Å². The molecule has 2 N–H and O–H groups in total. The zero-order chi connectivity index (χ0) is 21.6. The molecule has 0 aromatic heterocycles. The number of nitrogens with one attached hydrogen (secondary N) is 1. The third-order valence-electron chi connectivity index (χ3n) is 5.71. The van der Waals surface area contributed by atoms with E-state index in [1.54, 1.807) is 0 Å². The third-order valence-corrected chi connectivity index (χ3v) is 7.12. The van der Waals surface area contributed by atoms with Gasteiger partial charge in [0.25, 0.3) is 0 Å². The van der Waals surface area contributed by atoms with Gasteiger partial charge in [-0.15, -0.1) is 0 Å². The molecule has 4 rings (SSSR count). The fourth-order valence-corrected chi connectivity index (χ4v) is 4.50. The quantitative estimate of drug-likeness (QED) is 0.514. The zero-order valence-electron chi connectivity index (χ0n) is 16.9. The Balaban J connectivity index is 0.000000239. The molecule has 2 fully saturated rings. The Hall–Kier alpha value is -1.24. The first-order chi connectivity index (χ1) is 14.4. The fraction of sp³-hybridized carbons (Fsp3) is 0.435. The van der Waals surface area contributed by atoms with Crippen molar-refractivity contribution in [2.45, 2.75) is 25.3 Å². The van der Waals surface area contributed by atoms with Crippen LogP contribution in [-0.2, 0) is 4.79 Å². The number of halogens is 2. The number of thiol groups is 1. The monoisotopic (exact) mass is 466 g/mol.